The molecule has 20 heavy (non-hydrogen) atoms. The first-order valence-electron chi connectivity index (χ1n) is 7.70. The van der Waals surface area contributed by atoms with Crippen molar-refractivity contribution in [2.24, 2.45) is 11.7 Å². The van der Waals surface area contributed by atoms with Gasteiger partial charge in [-0.2, -0.15) is 0 Å². The molecular weight excluding hydrogens is 312 g/mol. The van der Waals surface area contributed by atoms with Gasteiger partial charge in [-0.25, -0.2) is 0 Å². The molecule has 2 rings (SSSR count). The molecule has 0 saturated heterocycles. The lowest BCUT2D eigenvalue weighted by molar-refractivity contribution is 0.306. The molecule has 0 bridgehead atoms. The molecule has 1 aromatic rings. The monoisotopic (exact) mass is 338 g/mol. The van der Waals surface area contributed by atoms with Gasteiger partial charge in [0.25, 0.3) is 0 Å². The van der Waals surface area contributed by atoms with Gasteiger partial charge in [-0.15, -0.1) is 0 Å². The Kier molecular flexibility index (Phi) is 5.65. The Morgan fingerprint density at radius 2 is 1.95 bits per heavy atom. The Morgan fingerprint density at radius 3 is 2.60 bits per heavy atom. The molecule has 0 radical (unpaired) electrons. The second kappa shape index (κ2) is 7.06. The van der Waals surface area contributed by atoms with Crippen LogP contribution in [-0.4, -0.2) is 19.1 Å². The maximum Gasteiger partial charge on any atom is 0.0178 e. The average Bonchev–Trinajstić information content (AvgIpc) is 2.41. The van der Waals surface area contributed by atoms with E-state index in [0.29, 0.717) is 6.04 Å². The molecule has 1 aliphatic carbocycles. The largest absolute Gasteiger partial charge is 0.328 e. The maximum absolute atomic E-state index is 5.96. The van der Waals surface area contributed by atoms with Crippen LogP contribution in [0.25, 0.3) is 0 Å². The fourth-order valence-corrected chi connectivity index (χ4v) is 3.39. The van der Waals surface area contributed by atoms with Crippen LogP contribution in [0.3, 0.4) is 0 Å². The van der Waals surface area contributed by atoms with E-state index >= 15 is 0 Å². The van der Waals surface area contributed by atoms with Crippen LogP contribution in [0.5, 0.6) is 0 Å². The van der Waals surface area contributed by atoms with Gasteiger partial charge < -0.3 is 11.1 Å². The smallest absolute Gasteiger partial charge is 0.0178 e. The van der Waals surface area contributed by atoms with Gasteiger partial charge >= 0.3 is 0 Å². The molecule has 1 aromatic carbocycles. The van der Waals surface area contributed by atoms with Crippen LogP contribution in [0.15, 0.2) is 28.7 Å². The van der Waals surface area contributed by atoms with Crippen LogP contribution in [0, 0.1) is 5.92 Å². The molecule has 3 N–H and O–H groups in total. The molecule has 1 saturated carbocycles. The second-order valence-corrected chi connectivity index (χ2v) is 7.72. The van der Waals surface area contributed by atoms with E-state index in [-0.39, 0.29) is 5.41 Å². The zero-order chi connectivity index (χ0) is 14.6. The summed E-state index contributed by atoms with van der Waals surface area (Å²) in [5, 5.41) is 3.67. The Hall–Kier alpha value is -0.380. The fraction of sp³-hybridized carbons (Fsp3) is 0.647. The van der Waals surface area contributed by atoms with Gasteiger partial charge in [0.05, 0.1) is 0 Å². The minimum Gasteiger partial charge on any atom is -0.328 e. The van der Waals surface area contributed by atoms with Gasteiger partial charge in [0, 0.05) is 22.5 Å². The lowest BCUT2D eigenvalue weighted by Crippen LogP contribution is -2.37. The summed E-state index contributed by atoms with van der Waals surface area (Å²) in [7, 11) is 0. The lowest BCUT2D eigenvalue weighted by atomic mass is 9.83. The molecule has 0 spiro atoms. The molecule has 0 aliphatic heterocycles. The minimum absolute atomic E-state index is 0.162. The predicted molar refractivity (Wildman–Crippen MR) is 90.0 cm³/mol. The van der Waals surface area contributed by atoms with Crippen LogP contribution in [-0.2, 0) is 5.41 Å². The van der Waals surface area contributed by atoms with Crippen LogP contribution in [0.2, 0.25) is 0 Å². The van der Waals surface area contributed by atoms with E-state index in [1.54, 1.807) is 0 Å². The predicted octanol–water partition coefficient (Wildman–Crippen LogP) is 3.83. The van der Waals surface area contributed by atoms with Crippen molar-refractivity contribution in [2.45, 2.75) is 51.0 Å². The summed E-state index contributed by atoms with van der Waals surface area (Å²) in [6.07, 6.45) is 4.96. The van der Waals surface area contributed by atoms with Crippen LogP contribution in [0.1, 0.15) is 45.1 Å². The summed E-state index contributed by atoms with van der Waals surface area (Å²) in [4.78, 5) is 0. The highest BCUT2D eigenvalue weighted by atomic mass is 79.9. The zero-order valence-corrected chi connectivity index (χ0v) is 14.2. The van der Waals surface area contributed by atoms with Gasteiger partial charge in [-0.3, -0.25) is 0 Å². The van der Waals surface area contributed by atoms with Crippen molar-refractivity contribution < 1.29 is 0 Å². The zero-order valence-electron chi connectivity index (χ0n) is 12.7. The highest BCUT2D eigenvalue weighted by Crippen LogP contribution is 2.26. The lowest BCUT2D eigenvalue weighted by Gasteiger charge is -2.30. The van der Waals surface area contributed by atoms with E-state index in [2.05, 4.69) is 59.4 Å². The van der Waals surface area contributed by atoms with Crippen molar-refractivity contribution in [3.63, 3.8) is 0 Å². The number of nitrogens with two attached hydrogens (primary N) is 1. The van der Waals surface area contributed by atoms with Gasteiger partial charge in [-0.05, 0) is 55.8 Å². The summed E-state index contributed by atoms with van der Waals surface area (Å²) in [6, 6.07) is 9.08. The third kappa shape index (κ3) is 4.57. The quantitative estimate of drug-likeness (QED) is 0.856. The average molecular weight is 339 g/mol. The SMILES string of the molecule is CC(C)(CNCC1CCC(N)CC1)c1cccc(Br)c1. The number of hydrogen-bond acceptors (Lipinski definition) is 2. The van der Waals surface area contributed by atoms with Crippen molar-refractivity contribution in [2.75, 3.05) is 13.1 Å². The van der Waals surface area contributed by atoms with Crippen LogP contribution in [0.4, 0.5) is 0 Å². The molecule has 2 nitrogen and oxygen atoms in total. The number of benzene rings is 1. The Bertz CT molecular complexity index is 423. The minimum atomic E-state index is 0.162. The fourth-order valence-electron chi connectivity index (χ4n) is 2.99. The highest BCUT2D eigenvalue weighted by Gasteiger charge is 2.22. The van der Waals surface area contributed by atoms with Crippen LogP contribution < -0.4 is 11.1 Å². The molecule has 1 fully saturated rings. The molecule has 0 heterocycles. The van der Waals surface area contributed by atoms with Gasteiger partial charge in [-0.1, -0.05) is 41.9 Å². The first-order chi connectivity index (χ1) is 9.47. The molecule has 0 aromatic heterocycles. The number of nitrogens with one attached hydrogen (secondary N) is 1. The van der Waals surface area contributed by atoms with E-state index in [0.717, 1.165) is 23.5 Å². The normalized spacial score (nSPS) is 23.8. The molecular formula is C17H27BrN2. The van der Waals surface area contributed by atoms with Crippen molar-refractivity contribution in [1.82, 2.24) is 5.32 Å². The third-order valence-electron chi connectivity index (χ3n) is 4.50. The summed E-state index contributed by atoms with van der Waals surface area (Å²) in [5.74, 6) is 0.813. The molecule has 112 valence electrons. The standard InChI is InChI=1S/C17H27BrN2/c1-17(2,14-4-3-5-15(18)10-14)12-20-11-13-6-8-16(19)9-7-13/h3-5,10,13,16,20H,6-9,11-12,19H2,1-2H3. The Labute approximate surface area is 131 Å². The summed E-state index contributed by atoms with van der Waals surface area (Å²) < 4.78 is 1.16. The van der Waals surface area contributed by atoms with Crippen molar-refractivity contribution in [3.8, 4) is 0 Å². The molecule has 0 amide bonds. The topological polar surface area (TPSA) is 38.0 Å². The highest BCUT2D eigenvalue weighted by molar-refractivity contribution is 9.10. The molecule has 0 atom stereocenters. The van der Waals surface area contributed by atoms with Crippen LogP contribution >= 0.6 is 15.9 Å². The first-order valence-corrected chi connectivity index (χ1v) is 8.49. The number of rotatable bonds is 5. The Balaban J connectivity index is 1.80. The molecule has 3 heteroatoms. The van der Waals surface area contributed by atoms with E-state index in [1.807, 2.05) is 0 Å². The summed E-state index contributed by atoms with van der Waals surface area (Å²) in [6.45, 7) is 6.76. The van der Waals surface area contributed by atoms with Gasteiger partial charge in [0.1, 0.15) is 0 Å². The van der Waals surface area contributed by atoms with E-state index in [1.165, 1.54) is 31.2 Å². The number of hydrogen-bond donors (Lipinski definition) is 2. The molecule has 1 aliphatic rings. The second-order valence-electron chi connectivity index (χ2n) is 6.81. The van der Waals surface area contributed by atoms with Crippen molar-refractivity contribution in [1.29, 1.82) is 0 Å². The van der Waals surface area contributed by atoms with Crippen molar-refractivity contribution in [3.05, 3.63) is 34.3 Å². The Morgan fingerprint density at radius 1 is 1.25 bits per heavy atom. The summed E-state index contributed by atoms with van der Waals surface area (Å²) >= 11 is 3.56. The maximum atomic E-state index is 5.96. The van der Waals surface area contributed by atoms with E-state index in [4.69, 9.17) is 5.73 Å². The van der Waals surface area contributed by atoms with E-state index < -0.39 is 0 Å². The summed E-state index contributed by atoms with van der Waals surface area (Å²) in [5.41, 5.74) is 7.50. The third-order valence-corrected chi connectivity index (χ3v) is 4.99. The van der Waals surface area contributed by atoms with Gasteiger partial charge in [0.2, 0.25) is 0 Å². The molecule has 0 unspecified atom stereocenters. The first kappa shape index (κ1) is 16.0. The van der Waals surface area contributed by atoms with Crippen molar-refractivity contribution >= 4 is 15.9 Å². The van der Waals surface area contributed by atoms with Gasteiger partial charge in [0.15, 0.2) is 0 Å². The van der Waals surface area contributed by atoms with E-state index in [9.17, 15) is 0 Å². The number of halogens is 1.